The maximum Gasteiger partial charge on any atom is 0.244 e. The van der Waals surface area contributed by atoms with Crippen LogP contribution in [0.3, 0.4) is 0 Å². The molecular formula is C13H19Cl2NO3S. The van der Waals surface area contributed by atoms with Crippen molar-refractivity contribution in [3.05, 3.63) is 27.7 Å². The number of aliphatic hydroxyl groups is 1. The predicted molar refractivity (Wildman–Crippen MR) is 81.7 cm³/mol. The standard InChI is InChI=1S/C13H19Cl2NO3S/c1-4-9(2)7-16(3)20(18,19)12-6-11(14)5-10(8-17)13(12)15/h5-6,9,17H,4,7-8H2,1-3H3. The van der Waals surface area contributed by atoms with Crippen LogP contribution >= 0.6 is 23.2 Å². The van der Waals surface area contributed by atoms with E-state index < -0.39 is 10.0 Å². The first-order valence-electron chi connectivity index (χ1n) is 6.29. The zero-order chi connectivity index (χ0) is 15.5. The summed E-state index contributed by atoms with van der Waals surface area (Å²) in [5.74, 6) is 0.241. The van der Waals surface area contributed by atoms with Gasteiger partial charge in [0.15, 0.2) is 0 Å². The Kier molecular flexibility index (Phi) is 6.28. The van der Waals surface area contributed by atoms with Crippen LogP contribution in [0.2, 0.25) is 10.0 Å². The zero-order valence-corrected chi connectivity index (χ0v) is 14.1. The SMILES string of the molecule is CCC(C)CN(C)S(=O)(=O)c1cc(Cl)cc(CO)c1Cl. The van der Waals surface area contributed by atoms with Gasteiger partial charge in [-0.2, -0.15) is 0 Å². The van der Waals surface area contributed by atoms with Crippen LogP contribution in [0.15, 0.2) is 17.0 Å². The number of sulfonamides is 1. The molecule has 0 fully saturated rings. The van der Waals surface area contributed by atoms with Gasteiger partial charge in [0.05, 0.1) is 11.6 Å². The monoisotopic (exact) mass is 339 g/mol. The molecule has 0 radical (unpaired) electrons. The van der Waals surface area contributed by atoms with Crippen molar-refractivity contribution in [1.82, 2.24) is 4.31 Å². The summed E-state index contributed by atoms with van der Waals surface area (Å²) in [6, 6.07) is 2.77. The molecule has 1 rings (SSSR count). The third-order valence-electron chi connectivity index (χ3n) is 3.20. The van der Waals surface area contributed by atoms with Crippen molar-refractivity contribution in [3.8, 4) is 0 Å². The quantitative estimate of drug-likeness (QED) is 0.865. The van der Waals surface area contributed by atoms with Gasteiger partial charge in [-0.25, -0.2) is 12.7 Å². The minimum Gasteiger partial charge on any atom is -0.392 e. The first kappa shape index (κ1) is 17.7. The molecule has 0 spiro atoms. The Morgan fingerprint density at radius 3 is 2.45 bits per heavy atom. The predicted octanol–water partition coefficient (Wildman–Crippen LogP) is 3.15. The lowest BCUT2D eigenvalue weighted by molar-refractivity contribution is 0.281. The van der Waals surface area contributed by atoms with Crippen LogP contribution in [0.25, 0.3) is 0 Å². The second kappa shape index (κ2) is 7.09. The van der Waals surface area contributed by atoms with E-state index in [9.17, 15) is 13.5 Å². The first-order chi connectivity index (χ1) is 9.23. The fraction of sp³-hybridized carbons (Fsp3) is 0.538. The molecule has 0 saturated carbocycles. The van der Waals surface area contributed by atoms with Crippen LogP contribution in [-0.4, -0.2) is 31.4 Å². The molecule has 0 aromatic heterocycles. The fourth-order valence-electron chi connectivity index (χ4n) is 1.76. The summed E-state index contributed by atoms with van der Waals surface area (Å²) in [7, 11) is -2.21. The van der Waals surface area contributed by atoms with Gasteiger partial charge in [0.2, 0.25) is 10.0 Å². The summed E-state index contributed by atoms with van der Waals surface area (Å²) in [5.41, 5.74) is 0.301. The Balaban J connectivity index is 3.25. The highest BCUT2D eigenvalue weighted by Crippen LogP contribution is 2.31. The lowest BCUT2D eigenvalue weighted by atomic mass is 10.1. The number of rotatable bonds is 6. The Morgan fingerprint density at radius 2 is 1.95 bits per heavy atom. The van der Waals surface area contributed by atoms with Gasteiger partial charge in [-0.3, -0.25) is 0 Å². The van der Waals surface area contributed by atoms with E-state index in [1.165, 1.54) is 23.5 Å². The highest BCUT2D eigenvalue weighted by Gasteiger charge is 2.26. The van der Waals surface area contributed by atoms with Crippen LogP contribution < -0.4 is 0 Å². The summed E-state index contributed by atoms with van der Waals surface area (Å²) in [6.45, 7) is 4.01. The number of halogens is 2. The van der Waals surface area contributed by atoms with Crippen molar-refractivity contribution in [2.75, 3.05) is 13.6 Å². The highest BCUT2D eigenvalue weighted by atomic mass is 35.5. The first-order valence-corrected chi connectivity index (χ1v) is 8.48. The van der Waals surface area contributed by atoms with E-state index >= 15 is 0 Å². The van der Waals surface area contributed by atoms with Crippen LogP contribution in [0.4, 0.5) is 0 Å². The number of hydrogen-bond acceptors (Lipinski definition) is 3. The van der Waals surface area contributed by atoms with Crippen LogP contribution in [0, 0.1) is 5.92 Å². The lowest BCUT2D eigenvalue weighted by Gasteiger charge is -2.21. The van der Waals surface area contributed by atoms with E-state index in [1.54, 1.807) is 0 Å². The van der Waals surface area contributed by atoms with Crippen LogP contribution in [0.1, 0.15) is 25.8 Å². The molecule has 0 aliphatic rings. The second-order valence-corrected chi connectivity index (χ2v) is 7.66. The number of benzene rings is 1. The van der Waals surface area contributed by atoms with Gasteiger partial charge in [0.1, 0.15) is 4.90 Å². The molecule has 1 aromatic carbocycles. The molecule has 1 unspecified atom stereocenters. The lowest BCUT2D eigenvalue weighted by Crippen LogP contribution is -2.31. The smallest absolute Gasteiger partial charge is 0.244 e. The Morgan fingerprint density at radius 1 is 1.35 bits per heavy atom. The zero-order valence-electron chi connectivity index (χ0n) is 11.7. The Labute approximate surface area is 130 Å². The minimum atomic E-state index is -3.72. The third kappa shape index (κ3) is 3.86. The molecule has 0 amide bonds. The van der Waals surface area contributed by atoms with Gasteiger partial charge in [-0.1, -0.05) is 43.5 Å². The molecule has 1 atom stereocenters. The molecule has 0 bridgehead atoms. The fourth-order valence-corrected chi connectivity index (χ4v) is 3.94. The molecule has 1 aromatic rings. The van der Waals surface area contributed by atoms with Gasteiger partial charge >= 0.3 is 0 Å². The third-order valence-corrected chi connectivity index (χ3v) is 5.83. The molecule has 0 saturated heterocycles. The molecule has 0 aliphatic heterocycles. The topological polar surface area (TPSA) is 57.6 Å². The normalized spacial score (nSPS) is 13.8. The summed E-state index contributed by atoms with van der Waals surface area (Å²) < 4.78 is 26.3. The van der Waals surface area contributed by atoms with E-state index in [-0.39, 0.29) is 27.5 Å². The number of hydrogen-bond donors (Lipinski definition) is 1. The van der Waals surface area contributed by atoms with Gasteiger partial charge in [-0.15, -0.1) is 0 Å². The van der Waals surface area contributed by atoms with E-state index in [0.717, 1.165) is 6.42 Å². The largest absolute Gasteiger partial charge is 0.392 e. The average molecular weight is 340 g/mol. The van der Waals surface area contributed by atoms with Crippen molar-refractivity contribution in [1.29, 1.82) is 0 Å². The average Bonchev–Trinajstić information content (AvgIpc) is 2.40. The highest BCUT2D eigenvalue weighted by molar-refractivity contribution is 7.89. The molecule has 0 heterocycles. The van der Waals surface area contributed by atoms with Crippen LogP contribution in [-0.2, 0) is 16.6 Å². The van der Waals surface area contributed by atoms with Gasteiger partial charge in [0, 0.05) is 18.6 Å². The summed E-state index contributed by atoms with van der Waals surface area (Å²) in [6.07, 6.45) is 0.880. The maximum absolute atomic E-state index is 12.5. The van der Waals surface area contributed by atoms with E-state index in [2.05, 4.69) is 0 Å². The molecule has 0 aliphatic carbocycles. The van der Waals surface area contributed by atoms with Crippen molar-refractivity contribution in [3.63, 3.8) is 0 Å². The van der Waals surface area contributed by atoms with Crippen molar-refractivity contribution >= 4 is 33.2 Å². The molecule has 114 valence electrons. The Hall–Kier alpha value is -0.330. The molecular weight excluding hydrogens is 321 g/mol. The summed E-state index contributed by atoms with van der Waals surface area (Å²) >= 11 is 11.9. The summed E-state index contributed by atoms with van der Waals surface area (Å²) in [4.78, 5) is -0.0680. The van der Waals surface area contributed by atoms with E-state index in [1.807, 2.05) is 13.8 Å². The number of nitrogens with zero attached hydrogens (tertiary/aromatic N) is 1. The van der Waals surface area contributed by atoms with Crippen molar-refractivity contribution in [2.45, 2.75) is 31.8 Å². The molecule has 4 nitrogen and oxygen atoms in total. The molecule has 20 heavy (non-hydrogen) atoms. The van der Waals surface area contributed by atoms with Crippen LogP contribution in [0.5, 0.6) is 0 Å². The van der Waals surface area contributed by atoms with Gasteiger partial charge in [-0.05, 0) is 23.6 Å². The van der Waals surface area contributed by atoms with E-state index in [0.29, 0.717) is 12.1 Å². The number of aliphatic hydroxyl groups excluding tert-OH is 1. The Bertz CT molecular complexity index is 575. The van der Waals surface area contributed by atoms with E-state index in [4.69, 9.17) is 23.2 Å². The maximum atomic E-state index is 12.5. The summed E-state index contributed by atoms with van der Waals surface area (Å²) in [5, 5.41) is 9.46. The minimum absolute atomic E-state index is 0.0212. The second-order valence-electron chi connectivity index (χ2n) is 4.83. The van der Waals surface area contributed by atoms with Crippen molar-refractivity contribution in [2.24, 2.45) is 5.92 Å². The molecule has 7 heteroatoms. The van der Waals surface area contributed by atoms with Gasteiger partial charge in [0.25, 0.3) is 0 Å². The van der Waals surface area contributed by atoms with Gasteiger partial charge < -0.3 is 5.11 Å². The molecule has 1 N–H and O–H groups in total. The van der Waals surface area contributed by atoms with Crippen molar-refractivity contribution < 1.29 is 13.5 Å².